The number of halogens is 1. The van der Waals surface area contributed by atoms with E-state index in [4.69, 9.17) is 9.84 Å². The van der Waals surface area contributed by atoms with E-state index in [2.05, 4.69) is 16.7 Å². The average Bonchev–Trinajstić information content (AvgIpc) is 2.35. The summed E-state index contributed by atoms with van der Waals surface area (Å²) in [4.78, 5) is 2.07. The quantitative estimate of drug-likeness (QED) is 0.809. The van der Waals surface area contributed by atoms with Crippen molar-refractivity contribution in [2.45, 2.75) is 26.5 Å². The van der Waals surface area contributed by atoms with Gasteiger partial charge in [0.25, 0.3) is 0 Å². The molecule has 4 heteroatoms. The molecule has 0 aromatic heterocycles. The van der Waals surface area contributed by atoms with E-state index in [1.54, 1.807) is 0 Å². The third-order valence-corrected chi connectivity index (χ3v) is 2.65. The molecule has 0 radical (unpaired) electrons. The molecule has 0 spiro atoms. The standard InChI is InChI=1S/C16H22FNO2/c1-13(2)20-8-6-18(3)12-15-9-14(5-4-7-19)10-16(17)11-15/h9-11,13,19H,6-8,12H2,1-3H3. The van der Waals surface area contributed by atoms with Crippen LogP contribution in [0.1, 0.15) is 25.0 Å². The summed E-state index contributed by atoms with van der Waals surface area (Å²) in [5.74, 6) is 4.94. The Kier molecular flexibility index (Phi) is 7.24. The van der Waals surface area contributed by atoms with Crippen molar-refractivity contribution in [2.24, 2.45) is 0 Å². The van der Waals surface area contributed by atoms with E-state index in [-0.39, 0.29) is 18.5 Å². The van der Waals surface area contributed by atoms with Gasteiger partial charge in [-0.15, -0.1) is 0 Å². The highest BCUT2D eigenvalue weighted by atomic mass is 19.1. The van der Waals surface area contributed by atoms with Gasteiger partial charge in [0.2, 0.25) is 0 Å². The third kappa shape index (κ3) is 6.67. The molecule has 0 amide bonds. The van der Waals surface area contributed by atoms with Gasteiger partial charge in [-0.2, -0.15) is 0 Å². The Morgan fingerprint density at radius 3 is 2.75 bits per heavy atom. The zero-order valence-electron chi connectivity index (χ0n) is 12.3. The first-order chi connectivity index (χ1) is 9.51. The van der Waals surface area contributed by atoms with Crippen molar-refractivity contribution < 1.29 is 14.2 Å². The highest BCUT2D eigenvalue weighted by Crippen LogP contribution is 2.10. The number of aliphatic hydroxyl groups excluding tert-OH is 1. The highest BCUT2D eigenvalue weighted by Gasteiger charge is 2.04. The van der Waals surface area contributed by atoms with Crippen LogP contribution in [0.3, 0.4) is 0 Å². The normalized spacial score (nSPS) is 10.8. The first kappa shape index (κ1) is 16.6. The molecule has 0 bridgehead atoms. The van der Waals surface area contributed by atoms with Crippen molar-refractivity contribution >= 4 is 0 Å². The summed E-state index contributed by atoms with van der Waals surface area (Å²) < 4.78 is 19.0. The largest absolute Gasteiger partial charge is 0.384 e. The van der Waals surface area contributed by atoms with Crippen LogP contribution in [0, 0.1) is 17.7 Å². The first-order valence-corrected chi connectivity index (χ1v) is 6.70. The van der Waals surface area contributed by atoms with E-state index in [0.29, 0.717) is 18.7 Å². The van der Waals surface area contributed by atoms with Crippen LogP contribution in [0.4, 0.5) is 4.39 Å². The topological polar surface area (TPSA) is 32.7 Å². The van der Waals surface area contributed by atoms with Gasteiger partial charge in [0.15, 0.2) is 0 Å². The van der Waals surface area contributed by atoms with Gasteiger partial charge < -0.3 is 9.84 Å². The van der Waals surface area contributed by atoms with Crippen LogP contribution in [0.15, 0.2) is 18.2 Å². The molecule has 0 saturated heterocycles. The van der Waals surface area contributed by atoms with Gasteiger partial charge in [0, 0.05) is 18.7 Å². The Balaban J connectivity index is 2.60. The molecule has 0 atom stereocenters. The minimum atomic E-state index is -0.309. The first-order valence-electron chi connectivity index (χ1n) is 6.70. The predicted octanol–water partition coefficient (Wildman–Crippen LogP) is 2.03. The number of nitrogens with zero attached hydrogens (tertiary/aromatic N) is 1. The maximum atomic E-state index is 13.5. The molecule has 1 rings (SSSR count). The fourth-order valence-corrected chi connectivity index (χ4v) is 1.79. The molecule has 0 aliphatic rings. The summed E-state index contributed by atoms with van der Waals surface area (Å²) in [6.45, 7) is 5.84. The number of hydrogen-bond acceptors (Lipinski definition) is 3. The molecule has 0 unspecified atom stereocenters. The number of hydrogen-bond donors (Lipinski definition) is 1. The van der Waals surface area contributed by atoms with Crippen molar-refractivity contribution in [3.63, 3.8) is 0 Å². The molecule has 1 N–H and O–H groups in total. The smallest absolute Gasteiger partial charge is 0.124 e. The van der Waals surface area contributed by atoms with Crippen molar-refractivity contribution in [3.05, 3.63) is 35.1 Å². The molecule has 3 nitrogen and oxygen atoms in total. The van der Waals surface area contributed by atoms with E-state index >= 15 is 0 Å². The Morgan fingerprint density at radius 1 is 1.35 bits per heavy atom. The van der Waals surface area contributed by atoms with Crippen LogP contribution in [0.5, 0.6) is 0 Å². The molecular weight excluding hydrogens is 257 g/mol. The van der Waals surface area contributed by atoms with Crippen LogP contribution in [-0.2, 0) is 11.3 Å². The zero-order chi connectivity index (χ0) is 15.0. The van der Waals surface area contributed by atoms with Crippen LogP contribution < -0.4 is 0 Å². The zero-order valence-corrected chi connectivity index (χ0v) is 12.3. The van der Waals surface area contributed by atoms with Crippen molar-refractivity contribution in [1.29, 1.82) is 0 Å². The molecule has 110 valence electrons. The highest BCUT2D eigenvalue weighted by molar-refractivity contribution is 5.37. The Hall–Kier alpha value is -1.41. The summed E-state index contributed by atoms with van der Waals surface area (Å²) in [5.41, 5.74) is 1.44. The van der Waals surface area contributed by atoms with Gasteiger partial charge in [-0.25, -0.2) is 4.39 Å². The van der Waals surface area contributed by atoms with Crippen LogP contribution in [0.2, 0.25) is 0 Å². The fraction of sp³-hybridized carbons (Fsp3) is 0.500. The Morgan fingerprint density at radius 2 is 2.10 bits per heavy atom. The number of ether oxygens (including phenoxy) is 1. The number of rotatable bonds is 6. The molecule has 0 saturated carbocycles. The van der Waals surface area contributed by atoms with Gasteiger partial charge in [-0.05, 0) is 44.7 Å². The molecule has 0 fully saturated rings. The second-order valence-electron chi connectivity index (χ2n) is 4.97. The second-order valence-corrected chi connectivity index (χ2v) is 4.97. The van der Waals surface area contributed by atoms with Crippen molar-refractivity contribution in [1.82, 2.24) is 4.90 Å². The van der Waals surface area contributed by atoms with Gasteiger partial charge in [-0.1, -0.05) is 11.8 Å². The van der Waals surface area contributed by atoms with E-state index in [1.807, 2.05) is 27.0 Å². The van der Waals surface area contributed by atoms with Crippen LogP contribution in [-0.4, -0.2) is 42.9 Å². The molecule has 0 aliphatic heterocycles. The average molecular weight is 279 g/mol. The molecular formula is C16H22FNO2. The minimum absolute atomic E-state index is 0.220. The monoisotopic (exact) mass is 279 g/mol. The lowest BCUT2D eigenvalue weighted by atomic mass is 10.1. The summed E-state index contributed by atoms with van der Waals surface area (Å²) in [7, 11) is 1.97. The third-order valence-electron chi connectivity index (χ3n) is 2.65. The lowest BCUT2D eigenvalue weighted by Gasteiger charge is -2.18. The summed E-state index contributed by atoms with van der Waals surface area (Å²) in [6.07, 6.45) is 0.220. The second kappa shape index (κ2) is 8.70. The van der Waals surface area contributed by atoms with Gasteiger partial charge in [0.05, 0.1) is 12.7 Å². The van der Waals surface area contributed by atoms with E-state index in [9.17, 15) is 4.39 Å². The maximum absolute atomic E-state index is 13.5. The fourth-order valence-electron chi connectivity index (χ4n) is 1.79. The van der Waals surface area contributed by atoms with E-state index < -0.39 is 0 Å². The van der Waals surface area contributed by atoms with Gasteiger partial charge in [0.1, 0.15) is 12.4 Å². The SMILES string of the molecule is CC(C)OCCN(C)Cc1cc(F)cc(C#CCO)c1. The molecule has 1 aromatic rings. The number of aliphatic hydroxyl groups is 1. The predicted molar refractivity (Wildman–Crippen MR) is 77.8 cm³/mol. The van der Waals surface area contributed by atoms with E-state index in [1.165, 1.54) is 12.1 Å². The minimum Gasteiger partial charge on any atom is -0.384 e. The van der Waals surface area contributed by atoms with Gasteiger partial charge in [-0.3, -0.25) is 4.90 Å². The summed E-state index contributed by atoms with van der Waals surface area (Å²) in [5, 5.41) is 8.66. The summed E-state index contributed by atoms with van der Waals surface area (Å²) in [6, 6.07) is 4.71. The number of likely N-dealkylation sites (N-methyl/N-ethyl adjacent to an activating group) is 1. The Labute approximate surface area is 120 Å². The van der Waals surface area contributed by atoms with Crippen LogP contribution >= 0.6 is 0 Å². The van der Waals surface area contributed by atoms with Crippen LogP contribution in [0.25, 0.3) is 0 Å². The molecule has 1 aromatic carbocycles. The van der Waals surface area contributed by atoms with Gasteiger partial charge >= 0.3 is 0 Å². The van der Waals surface area contributed by atoms with Crippen molar-refractivity contribution in [3.8, 4) is 11.8 Å². The lowest BCUT2D eigenvalue weighted by Crippen LogP contribution is -2.24. The lowest BCUT2D eigenvalue weighted by molar-refractivity contribution is 0.0627. The summed E-state index contributed by atoms with van der Waals surface area (Å²) >= 11 is 0. The molecule has 0 heterocycles. The van der Waals surface area contributed by atoms with E-state index in [0.717, 1.165) is 12.1 Å². The van der Waals surface area contributed by atoms with Crippen molar-refractivity contribution in [2.75, 3.05) is 26.8 Å². The maximum Gasteiger partial charge on any atom is 0.124 e. The Bertz CT molecular complexity index is 477. The number of benzene rings is 1. The molecule has 0 aliphatic carbocycles. The molecule has 20 heavy (non-hydrogen) atoms.